The number of likely N-dealkylation sites (N-methyl/N-ethyl adjacent to an activating group) is 1. The molecule has 1 N–H and O–H groups in total. The lowest BCUT2D eigenvalue weighted by atomic mass is 9.94. The number of aliphatic hydroxyl groups is 1. The first-order valence-corrected chi connectivity index (χ1v) is 10.1. The Morgan fingerprint density at radius 1 is 1.00 bits per heavy atom. The third-order valence-corrected chi connectivity index (χ3v) is 5.40. The number of hydrogen-bond acceptors (Lipinski definition) is 7. The summed E-state index contributed by atoms with van der Waals surface area (Å²) in [5.41, 5.74) is 0.966. The molecule has 0 aromatic heterocycles. The molecule has 1 amide bonds. The fraction of sp³-hybridized carbons (Fsp3) is 0.333. The van der Waals surface area contributed by atoms with Gasteiger partial charge in [0.2, 0.25) is 0 Å². The van der Waals surface area contributed by atoms with Gasteiger partial charge >= 0.3 is 0 Å². The van der Waals surface area contributed by atoms with Crippen molar-refractivity contribution in [3.05, 3.63) is 59.2 Å². The summed E-state index contributed by atoms with van der Waals surface area (Å²) < 4.78 is 16.0. The van der Waals surface area contributed by atoms with Gasteiger partial charge in [0.1, 0.15) is 23.0 Å². The molecule has 1 unspecified atom stereocenters. The number of benzene rings is 2. The monoisotopic (exact) mass is 440 g/mol. The van der Waals surface area contributed by atoms with Crippen LogP contribution in [0.3, 0.4) is 0 Å². The number of carbonyl (C=O) groups excluding carboxylic acids is 2. The van der Waals surface area contributed by atoms with Crippen LogP contribution in [0.1, 0.15) is 17.2 Å². The molecule has 3 rings (SSSR count). The Morgan fingerprint density at radius 3 is 2.31 bits per heavy atom. The van der Waals surface area contributed by atoms with Gasteiger partial charge in [0.15, 0.2) is 0 Å². The van der Waals surface area contributed by atoms with E-state index in [1.54, 1.807) is 49.6 Å². The van der Waals surface area contributed by atoms with Crippen molar-refractivity contribution < 1.29 is 28.9 Å². The molecule has 0 aliphatic carbocycles. The molecule has 1 heterocycles. The van der Waals surface area contributed by atoms with Crippen molar-refractivity contribution in [2.45, 2.75) is 6.04 Å². The van der Waals surface area contributed by atoms with E-state index in [1.807, 2.05) is 19.0 Å². The number of hydrogen-bond donors (Lipinski definition) is 1. The predicted octanol–water partition coefficient (Wildman–Crippen LogP) is 2.70. The average molecular weight is 440 g/mol. The zero-order valence-electron chi connectivity index (χ0n) is 18.9. The molecule has 1 fully saturated rings. The highest BCUT2D eigenvalue weighted by atomic mass is 16.5. The molecule has 2 aromatic rings. The van der Waals surface area contributed by atoms with Gasteiger partial charge in [-0.1, -0.05) is 12.1 Å². The lowest BCUT2D eigenvalue weighted by molar-refractivity contribution is -0.140. The molecule has 170 valence electrons. The molecule has 0 radical (unpaired) electrons. The third kappa shape index (κ3) is 4.40. The van der Waals surface area contributed by atoms with Crippen LogP contribution in [-0.2, 0) is 9.59 Å². The van der Waals surface area contributed by atoms with Gasteiger partial charge in [-0.25, -0.2) is 0 Å². The summed E-state index contributed by atoms with van der Waals surface area (Å²) in [6.45, 7) is 0.870. The zero-order chi connectivity index (χ0) is 23.4. The number of methoxy groups -OCH3 is 3. The molecule has 1 aliphatic heterocycles. The van der Waals surface area contributed by atoms with Crippen LogP contribution in [0.25, 0.3) is 5.76 Å². The highest BCUT2D eigenvalue weighted by Gasteiger charge is 2.46. The molecular weight excluding hydrogens is 412 g/mol. The predicted molar refractivity (Wildman–Crippen MR) is 120 cm³/mol. The topological polar surface area (TPSA) is 88.5 Å². The molecule has 8 heteroatoms. The van der Waals surface area contributed by atoms with Gasteiger partial charge < -0.3 is 29.1 Å². The number of carbonyl (C=O) groups is 2. The Bertz CT molecular complexity index is 1050. The van der Waals surface area contributed by atoms with E-state index in [-0.39, 0.29) is 11.3 Å². The number of aliphatic hydroxyl groups excluding tert-OH is 1. The van der Waals surface area contributed by atoms with Crippen molar-refractivity contribution in [2.75, 3.05) is 48.5 Å². The highest BCUT2D eigenvalue weighted by molar-refractivity contribution is 6.46. The van der Waals surface area contributed by atoms with Crippen molar-refractivity contribution in [1.29, 1.82) is 0 Å². The van der Waals surface area contributed by atoms with Crippen LogP contribution in [0.5, 0.6) is 17.2 Å². The molecule has 8 nitrogen and oxygen atoms in total. The van der Waals surface area contributed by atoms with Gasteiger partial charge in [0.25, 0.3) is 11.7 Å². The minimum atomic E-state index is -0.767. The van der Waals surface area contributed by atoms with E-state index in [0.29, 0.717) is 41.5 Å². The maximum atomic E-state index is 13.1. The summed E-state index contributed by atoms with van der Waals surface area (Å²) in [6.07, 6.45) is 0. The Balaban J connectivity index is 2.20. The van der Waals surface area contributed by atoms with E-state index in [4.69, 9.17) is 14.2 Å². The van der Waals surface area contributed by atoms with E-state index in [0.717, 1.165) is 0 Å². The molecule has 1 atom stereocenters. The quantitative estimate of drug-likeness (QED) is 0.384. The van der Waals surface area contributed by atoms with Gasteiger partial charge in [0, 0.05) is 19.2 Å². The molecule has 2 aromatic carbocycles. The first-order valence-electron chi connectivity index (χ1n) is 10.1. The van der Waals surface area contributed by atoms with Crippen LogP contribution in [0, 0.1) is 0 Å². The van der Waals surface area contributed by atoms with Crippen LogP contribution in [-0.4, -0.2) is 75.1 Å². The maximum absolute atomic E-state index is 13.1. The summed E-state index contributed by atoms with van der Waals surface area (Å²) in [4.78, 5) is 29.5. The van der Waals surface area contributed by atoms with Crippen LogP contribution in [0.15, 0.2) is 48.0 Å². The number of Topliss-reactive ketones (excluding diaryl/α,β-unsaturated/α-hetero) is 1. The maximum Gasteiger partial charge on any atom is 0.295 e. The largest absolute Gasteiger partial charge is 0.507 e. The van der Waals surface area contributed by atoms with Crippen LogP contribution in [0.4, 0.5) is 0 Å². The van der Waals surface area contributed by atoms with Gasteiger partial charge in [-0.2, -0.15) is 0 Å². The standard InChI is InChI=1S/C24H28N2O6/c1-25(2)11-12-26-21(15-7-6-8-16(13-15)30-3)20(23(28)24(26)29)22(27)18-10-9-17(31-4)14-19(18)32-5/h6-10,13-14,21,27H,11-12H2,1-5H3/b22-20+. The van der Waals surface area contributed by atoms with E-state index in [1.165, 1.54) is 19.1 Å². The number of likely N-dealkylation sites (tertiary alicyclic amines) is 1. The second-order valence-corrected chi connectivity index (χ2v) is 7.64. The van der Waals surface area contributed by atoms with Gasteiger partial charge in [-0.05, 0) is 43.9 Å². The third-order valence-electron chi connectivity index (χ3n) is 5.40. The van der Waals surface area contributed by atoms with Gasteiger partial charge in [-0.3, -0.25) is 9.59 Å². The number of rotatable bonds is 8. The van der Waals surface area contributed by atoms with Crippen molar-refractivity contribution in [3.8, 4) is 17.2 Å². The highest BCUT2D eigenvalue weighted by Crippen LogP contribution is 2.42. The Kier molecular flexibility index (Phi) is 7.05. The molecule has 0 bridgehead atoms. The normalized spacial score (nSPS) is 17.7. The number of ketones is 1. The summed E-state index contributed by atoms with van der Waals surface area (Å²) >= 11 is 0. The Morgan fingerprint density at radius 2 is 1.69 bits per heavy atom. The lowest BCUT2D eigenvalue weighted by Crippen LogP contribution is -2.35. The second kappa shape index (κ2) is 9.74. The number of ether oxygens (including phenoxy) is 3. The van der Waals surface area contributed by atoms with Gasteiger partial charge in [0.05, 0.1) is 38.5 Å². The fourth-order valence-electron chi connectivity index (χ4n) is 3.72. The molecule has 1 saturated heterocycles. The summed E-state index contributed by atoms with van der Waals surface area (Å²) in [5, 5.41) is 11.3. The van der Waals surface area contributed by atoms with Crippen LogP contribution < -0.4 is 14.2 Å². The molecule has 0 saturated carbocycles. The smallest absolute Gasteiger partial charge is 0.295 e. The van der Waals surface area contributed by atoms with E-state index < -0.39 is 17.7 Å². The van der Waals surface area contributed by atoms with Gasteiger partial charge in [-0.15, -0.1) is 0 Å². The summed E-state index contributed by atoms with van der Waals surface area (Å²) in [5.74, 6) is -0.258. The average Bonchev–Trinajstić information content (AvgIpc) is 3.06. The van der Waals surface area contributed by atoms with Crippen molar-refractivity contribution in [2.24, 2.45) is 0 Å². The molecular formula is C24H28N2O6. The van der Waals surface area contributed by atoms with E-state index in [2.05, 4.69) is 0 Å². The van der Waals surface area contributed by atoms with Crippen molar-refractivity contribution >= 4 is 17.4 Å². The minimum absolute atomic E-state index is 0.00507. The number of nitrogens with zero attached hydrogens (tertiary/aromatic N) is 2. The first kappa shape index (κ1) is 23.1. The minimum Gasteiger partial charge on any atom is -0.507 e. The fourth-order valence-corrected chi connectivity index (χ4v) is 3.72. The SMILES string of the molecule is COc1cccc(C2/C(=C(\O)c3ccc(OC)cc3OC)C(=O)C(=O)N2CCN(C)C)c1. The van der Waals surface area contributed by atoms with E-state index in [9.17, 15) is 14.7 Å². The summed E-state index contributed by atoms with van der Waals surface area (Å²) in [6, 6.07) is 11.2. The number of amides is 1. The first-order chi connectivity index (χ1) is 15.3. The molecule has 32 heavy (non-hydrogen) atoms. The lowest BCUT2D eigenvalue weighted by Gasteiger charge is -2.27. The zero-order valence-corrected chi connectivity index (χ0v) is 18.9. The molecule has 0 spiro atoms. The molecule has 1 aliphatic rings. The Labute approximate surface area is 187 Å². The van der Waals surface area contributed by atoms with Crippen molar-refractivity contribution in [3.63, 3.8) is 0 Å². The van der Waals surface area contributed by atoms with Crippen LogP contribution in [0.2, 0.25) is 0 Å². The Hall–Kier alpha value is -3.52. The van der Waals surface area contributed by atoms with Crippen molar-refractivity contribution in [1.82, 2.24) is 9.80 Å². The second-order valence-electron chi connectivity index (χ2n) is 7.64. The van der Waals surface area contributed by atoms with Crippen LogP contribution >= 0.6 is 0 Å². The van der Waals surface area contributed by atoms with E-state index >= 15 is 0 Å². The summed E-state index contributed by atoms with van der Waals surface area (Å²) in [7, 11) is 8.30.